The second kappa shape index (κ2) is 9.02. The Labute approximate surface area is 190 Å². The molecule has 4 rings (SSSR count). The average molecular weight is 480 g/mol. The van der Waals surface area contributed by atoms with E-state index in [4.69, 9.17) is 15.0 Å². The van der Waals surface area contributed by atoms with Crippen molar-refractivity contribution in [3.8, 4) is 5.00 Å². The van der Waals surface area contributed by atoms with E-state index in [1.807, 2.05) is 30.3 Å². The van der Waals surface area contributed by atoms with Crippen molar-refractivity contribution >= 4 is 27.5 Å². The van der Waals surface area contributed by atoms with Crippen LogP contribution in [0.25, 0.3) is 5.00 Å². The Balaban J connectivity index is 0.000000668. The molecule has 1 saturated carbocycles. The van der Waals surface area contributed by atoms with E-state index < -0.39 is 21.8 Å². The Morgan fingerprint density at radius 1 is 1.16 bits per heavy atom. The van der Waals surface area contributed by atoms with Crippen LogP contribution in [0.1, 0.15) is 37.8 Å². The molecule has 0 aliphatic heterocycles. The number of hydrogen-bond acceptors (Lipinski definition) is 6. The van der Waals surface area contributed by atoms with Crippen molar-refractivity contribution in [2.45, 2.75) is 42.5 Å². The molecule has 9 nitrogen and oxygen atoms in total. The van der Waals surface area contributed by atoms with Crippen LogP contribution >= 0.6 is 11.3 Å². The van der Waals surface area contributed by atoms with Gasteiger partial charge in [-0.1, -0.05) is 37.3 Å². The van der Waals surface area contributed by atoms with Crippen LogP contribution in [0.4, 0.5) is 4.79 Å². The van der Waals surface area contributed by atoms with Crippen molar-refractivity contribution in [3.63, 3.8) is 0 Å². The first-order valence-corrected chi connectivity index (χ1v) is 12.1. The maximum Gasteiger partial charge on any atom is 0.503 e. The molecule has 1 aliphatic rings. The summed E-state index contributed by atoms with van der Waals surface area (Å²) in [6, 6.07) is 13.2. The lowest BCUT2D eigenvalue weighted by Crippen LogP contribution is -2.27. The fraction of sp³-hybridized carbons (Fsp3) is 0.333. The van der Waals surface area contributed by atoms with Gasteiger partial charge in [0.15, 0.2) is 0 Å². The second-order valence-corrected chi connectivity index (χ2v) is 11.1. The Morgan fingerprint density at radius 2 is 1.78 bits per heavy atom. The summed E-state index contributed by atoms with van der Waals surface area (Å²) in [7, 11) is -3.60. The minimum Gasteiger partial charge on any atom is -0.450 e. The van der Waals surface area contributed by atoms with Crippen LogP contribution in [-0.2, 0) is 15.6 Å². The topological polar surface area (TPSA) is 142 Å². The molecule has 1 aromatic carbocycles. The number of thiophene rings is 1. The number of carboxylic acid groups (broad SMARTS) is 2. The minimum atomic E-state index is -3.60. The molecule has 0 saturated heterocycles. The molecular weight excluding hydrogens is 454 g/mol. The smallest absolute Gasteiger partial charge is 0.450 e. The van der Waals surface area contributed by atoms with Gasteiger partial charge in [0.05, 0.1) is 11.8 Å². The van der Waals surface area contributed by atoms with E-state index >= 15 is 0 Å². The lowest BCUT2D eigenvalue weighted by molar-refractivity contribution is 0.0785. The zero-order valence-corrected chi connectivity index (χ0v) is 19.3. The maximum atomic E-state index is 12.8. The molecule has 11 heteroatoms. The third-order valence-electron chi connectivity index (χ3n) is 5.20. The van der Waals surface area contributed by atoms with Gasteiger partial charge in [-0.05, 0) is 37.5 Å². The molecule has 1 aliphatic carbocycles. The summed E-state index contributed by atoms with van der Waals surface area (Å²) in [6.45, 7) is 5.43. The fourth-order valence-electron chi connectivity index (χ4n) is 3.40. The lowest BCUT2D eigenvalue weighted by Gasteiger charge is -2.13. The number of benzene rings is 1. The third kappa shape index (κ3) is 5.54. The Hall–Kier alpha value is -2.73. The van der Waals surface area contributed by atoms with Crippen LogP contribution in [0.15, 0.2) is 59.1 Å². The van der Waals surface area contributed by atoms with Crippen LogP contribution in [0, 0.1) is 5.92 Å². The summed E-state index contributed by atoms with van der Waals surface area (Å²) in [5.74, 6) is 0.466. The van der Waals surface area contributed by atoms with Crippen LogP contribution in [0.5, 0.6) is 0 Å². The van der Waals surface area contributed by atoms with Crippen LogP contribution in [0.3, 0.4) is 0 Å². The van der Waals surface area contributed by atoms with Gasteiger partial charge in [0.25, 0.3) is 0 Å². The molecule has 2 aromatic heterocycles. The van der Waals surface area contributed by atoms with Gasteiger partial charge < -0.3 is 15.3 Å². The molecule has 4 N–H and O–H groups in total. The summed E-state index contributed by atoms with van der Waals surface area (Å²) >= 11 is 1.15. The zero-order chi connectivity index (χ0) is 23.7. The number of aliphatic hydroxyl groups is 1. The van der Waals surface area contributed by atoms with E-state index in [-0.39, 0.29) is 22.1 Å². The first kappa shape index (κ1) is 23.9. The molecule has 0 amide bonds. The summed E-state index contributed by atoms with van der Waals surface area (Å²) in [4.78, 5) is 8.56. The van der Waals surface area contributed by atoms with Gasteiger partial charge in [-0.3, -0.25) is 0 Å². The molecule has 1 fully saturated rings. The normalized spacial score (nSPS) is 20.3. The molecule has 0 radical (unpaired) electrons. The van der Waals surface area contributed by atoms with E-state index in [1.54, 1.807) is 43.1 Å². The van der Waals surface area contributed by atoms with Gasteiger partial charge in [0, 0.05) is 23.7 Å². The predicted molar refractivity (Wildman–Crippen MR) is 120 cm³/mol. The number of sulfonamides is 1. The van der Waals surface area contributed by atoms with Crippen LogP contribution in [-0.4, -0.2) is 45.7 Å². The molecule has 3 aromatic rings. The monoisotopic (exact) mass is 479 g/mol. The average Bonchev–Trinajstić information content (AvgIpc) is 3.15. The fourth-order valence-corrected chi connectivity index (χ4v) is 6.00. The molecule has 3 atom stereocenters. The van der Waals surface area contributed by atoms with Gasteiger partial charge in [0.1, 0.15) is 9.21 Å². The molecule has 32 heavy (non-hydrogen) atoms. The second-order valence-electron chi connectivity index (χ2n) is 8.05. The molecule has 172 valence electrons. The summed E-state index contributed by atoms with van der Waals surface area (Å²) < 4.78 is 30.4. The number of nitrogens with zero attached hydrogens (tertiary/aromatic N) is 2. The number of rotatable bonds is 6. The number of nitrogens with one attached hydrogen (secondary N) is 1. The van der Waals surface area contributed by atoms with Crippen molar-refractivity contribution in [3.05, 3.63) is 66.0 Å². The van der Waals surface area contributed by atoms with Crippen LogP contribution < -0.4 is 4.72 Å². The summed E-state index contributed by atoms with van der Waals surface area (Å²) in [5.41, 5.74) is 0.826. The Bertz CT molecular complexity index is 1180. The molecule has 0 unspecified atom stereocenters. The zero-order valence-electron chi connectivity index (χ0n) is 17.7. The molecule has 0 bridgehead atoms. The highest BCUT2D eigenvalue weighted by Crippen LogP contribution is 2.48. The van der Waals surface area contributed by atoms with E-state index in [0.29, 0.717) is 10.6 Å². The van der Waals surface area contributed by atoms with Gasteiger partial charge in [-0.25, -0.2) is 22.6 Å². The van der Waals surface area contributed by atoms with Crippen LogP contribution in [0.2, 0.25) is 0 Å². The standard InChI is InChI=1S/C20H23N3O3S2.CH2O3/c1-13-18(14-7-5-4-6-8-14)19(13)22-28(25,26)17-10-9-16(27-17)23-12-15(11-21-23)20(2,3)24;2-1(3)4/h4-13,18-19,22,24H,1-3H3;(H2,2,3,4)/t13-,18-,19+;/m1./s1. The quantitative estimate of drug-likeness (QED) is 0.424. The van der Waals surface area contributed by atoms with Gasteiger partial charge in [-0.15, -0.1) is 11.3 Å². The largest absolute Gasteiger partial charge is 0.503 e. The summed E-state index contributed by atoms with van der Waals surface area (Å²) in [6.07, 6.45) is 1.46. The van der Waals surface area contributed by atoms with Gasteiger partial charge in [0.2, 0.25) is 10.0 Å². The van der Waals surface area contributed by atoms with Gasteiger partial charge >= 0.3 is 6.16 Å². The Morgan fingerprint density at radius 3 is 2.34 bits per heavy atom. The SMILES string of the molecule is C[C@H]1[C@H](NS(=O)(=O)c2ccc(-n3cc(C(C)(C)O)cn3)s2)[C@H]1c1ccccc1.O=C(O)O. The first-order chi connectivity index (χ1) is 14.9. The number of aromatic nitrogens is 2. The highest BCUT2D eigenvalue weighted by molar-refractivity contribution is 7.91. The maximum absolute atomic E-state index is 12.8. The van der Waals surface area contributed by atoms with Crippen molar-refractivity contribution in [1.82, 2.24) is 14.5 Å². The van der Waals surface area contributed by atoms with E-state index in [1.165, 1.54) is 0 Å². The highest BCUT2D eigenvalue weighted by Gasteiger charge is 2.49. The Kier molecular flexibility index (Phi) is 6.75. The third-order valence-corrected chi connectivity index (χ3v) is 8.23. The first-order valence-electron chi connectivity index (χ1n) is 9.77. The summed E-state index contributed by atoms with van der Waals surface area (Å²) in [5, 5.41) is 28.9. The molecular formula is C21H25N3O6S2. The number of carbonyl (C=O) groups is 1. The van der Waals surface area contributed by atoms with E-state index in [2.05, 4.69) is 16.7 Å². The van der Waals surface area contributed by atoms with Crippen molar-refractivity contribution in [2.24, 2.45) is 5.92 Å². The lowest BCUT2D eigenvalue weighted by atomic mass is 10.0. The molecule has 2 heterocycles. The van der Waals surface area contributed by atoms with Crippen molar-refractivity contribution < 1.29 is 28.5 Å². The number of hydrogen-bond donors (Lipinski definition) is 4. The minimum absolute atomic E-state index is 0.0931. The van der Waals surface area contributed by atoms with E-state index in [9.17, 15) is 13.5 Å². The predicted octanol–water partition coefficient (Wildman–Crippen LogP) is 3.46. The highest BCUT2D eigenvalue weighted by atomic mass is 32.2. The van der Waals surface area contributed by atoms with Gasteiger partial charge in [-0.2, -0.15) is 5.10 Å². The molecule has 0 spiro atoms. The van der Waals surface area contributed by atoms with E-state index in [0.717, 1.165) is 16.9 Å². The van der Waals surface area contributed by atoms with Crippen molar-refractivity contribution in [2.75, 3.05) is 0 Å². The van der Waals surface area contributed by atoms with Crippen molar-refractivity contribution in [1.29, 1.82) is 0 Å².